The third-order valence-electron chi connectivity index (χ3n) is 2.78. The van der Waals surface area contributed by atoms with Crippen molar-refractivity contribution in [3.05, 3.63) is 23.5 Å². The molecule has 0 aliphatic rings. The normalized spacial score (nSPS) is 15.0. The van der Waals surface area contributed by atoms with Gasteiger partial charge in [0.05, 0.1) is 10.6 Å². The topological polar surface area (TPSA) is 89.3 Å². The van der Waals surface area contributed by atoms with Gasteiger partial charge in [-0.25, -0.2) is 17.5 Å². The number of nitrogens with one attached hydrogen (secondary N) is 1. The van der Waals surface area contributed by atoms with Crippen molar-refractivity contribution in [1.29, 1.82) is 0 Å². The van der Waals surface area contributed by atoms with Gasteiger partial charge in [0.25, 0.3) is 0 Å². The minimum absolute atomic E-state index is 0.0409. The summed E-state index contributed by atoms with van der Waals surface area (Å²) >= 11 is 0. The Hall–Kier alpha value is -0.990. The van der Waals surface area contributed by atoms with Crippen LogP contribution in [0.4, 0.5) is 10.1 Å². The van der Waals surface area contributed by atoms with E-state index < -0.39 is 26.6 Å². The number of rotatable bonds is 6. The van der Waals surface area contributed by atoms with Gasteiger partial charge in [-0.3, -0.25) is 4.21 Å². The Morgan fingerprint density at radius 3 is 2.60 bits per heavy atom. The molecule has 5 nitrogen and oxygen atoms in total. The number of aryl methyl sites for hydroxylation is 1. The molecule has 2 atom stereocenters. The monoisotopic (exact) mass is 322 g/mol. The molecule has 0 aliphatic heterocycles. The average molecular weight is 322 g/mol. The van der Waals surface area contributed by atoms with Crippen LogP contribution in [0.2, 0.25) is 0 Å². The summed E-state index contributed by atoms with van der Waals surface area (Å²) in [6.07, 6.45) is 2.02. The second kappa shape index (κ2) is 6.64. The van der Waals surface area contributed by atoms with Crippen LogP contribution in [0, 0.1) is 12.7 Å². The first-order chi connectivity index (χ1) is 9.13. The molecular weight excluding hydrogens is 303 g/mol. The Morgan fingerprint density at radius 1 is 1.45 bits per heavy atom. The van der Waals surface area contributed by atoms with Crippen LogP contribution in [0.1, 0.15) is 18.9 Å². The van der Waals surface area contributed by atoms with Crippen molar-refractivity contribution < 1.29 is 17.0 Å². The van der Waals surface area contributed by atoms with E-state index in [4.69, 9.17) is 5.73 Å². The van der Waals surface area contributed by atoms with Crippen LogP contribution in [0.5, 0.6) is 0 Å². The fourth-order valence-electron chi connectivity index (χ4n) is 1.69. The van der Waals surface area contributed by atoms with Crippen LogP contribution in [-0.4, -0.2) is 30.7 Å². The van der Waals surface area contributed by atoms with E-state index in [0.717, 1.165) is 12.1 Å². The Labute approximate surface area is 121 Å². The molecule has 1 aromatic rings. The van der Waals surface area contributed by atoms with Crippen molar-refractivity contribution >= 4 is 26.5 Å². The summed E-state index contributed by atoms with van der Waals surface area (Å²) in [7, 11) is -4.75. The van der Waals surface area contributed by atoms with Crippen molar-refractivity contribution in [1.82, 2.24) is 4.72 Å². The zero-order chi connectivity index (χ0) is 15.5. The Bertz CT molecular complexity index is 617. The van der Waals surface area contributed by atoms with Crippen molar-refractivity contribution in [2.75, 3.05) is 17.7 Å². The van der Waals surface area contributed by atoms with Crippen molar-refractivity contribution in [3.63, 3.8) is 0 Å². The molecule has 1 rings (SSSR count). The first-order valence-electron chi connectivity index (χ1n) is 6.01. The van der Waals surface area contributed by atoms with E-state index >= 15 is 0 Å². The summed E-state index contributed by atoms with van der Waals surface area (Å²) in [4.78, 5) is -0.0409. The molecule has 1 aromatic carbocycles. The lowest BCUT2D eigenvalue weighted by molar-refractivity contribution is 0.554. The van der Waals surface area contributed by atoms with Crippen LogP contribution in [-0.2, 0) is 20.8 Å². The fourth-order valence-corrected chi connectivity index (χ4v) is 3.91. The summed E-state index contributed by atoms with van der Waals surface area (Å²) in [5.74, 6) is -0.232. The molecule has 3 N–H and O–H groups in total. The largest absolute Gasteiger partial charge is 0.396 e. The number of nitrogens with two attached hydrogens (primary N) is 1. The Balaban J connectivity index is 2.94. The standard InChI is InChI=1S/C12H19FN2O3S2/c1-8-6-10(13)11(14)7-12(8)20(17,18)15-9(2)4-5-19(3)16/h6-7,9,15H,4-5,14H2,1-3H3. The SMILES string of the molecule is Cc1cc(F)c(N)cc1S(=O)(=O)NC(C)CCS(C)=O. The summed E-state index contributed by atoms with van der Waals surface area (Å²) in [6, 6.07) is 1.84. The zero-order valence-electron chi connectivity index (χ0n) is 11.6. The van der Waals surface area contributed by atoms with Crippen molar-refractivity contribution in [3.8, 4) is 0 Å². The number of benzene rings is 1. The third-order valence-corrected chi connectivity index (χ3v) is 5.32. The smallest absolute Gasteiger partial charge is 0.241 e. The molecule has 0 saturated carbocycles. The second-order valence-electron chi connectivity index (χ2n) is 4.73. The number of nitrogen functional groups attached to an aromatic ring is 1. The van der Waals surface area contributed by atoms with Gasteiger partial charge in [-0.05, 0) is 38.0 Å². The van der Waals surface area contributed by atoms with E-state index in [1.165, 1.54) is 6.92 Å². The number of hydrogen-bond acceptors (Lipinski definition) is 4. The van der Waals surface area contributed by atoms with Crippen LogP contribution < -0.4 is 10.5 Å². The molecule has 0 fully saturated rings. The van der Waals surface area contributed by atoms with Gasteiger partial charge in [0.2, 0.25) is 10.0 Å². The van der Waals surface area contributed by atoms with E-state index in [2.05, 4.69) is 4.72 Å². The molecule has 0 spiro atoms. The highest BCUT2D eigenvalue weighted by atomic mass is 32.2. The quantitative estimate of drug-likeness (QED) is 0.769. The highest BCUT2D eigenvalue weighted by molar-refractivity contribution is 7.89. The van der Waals surface area contributed by atoms with Gasteiger partial charge in [-0.1, -0.05) is 0 Å². The molecule has 0 bridgehead atoms. The molecule has 0 heterocycles. The number of hydrogen-bond donors (Lipinski definition) is 2. The molecule has 8 heteroatoms. The maximum Gasteiger partial charge on any atom is 0.241 e. The number of anilines is 1. The lowest BCUT2D eigenvalue weighted by Crippen LogP contribution is -2.34. The Morgan fingerprint density at radius 2 is 2.05 bits per heavy atom. The minimum Gasteiger partial charge on any atom is -0.396 e. The first kappa shape index (κ1) is 17.1. The van der Waals surface area contributed by atoms with Crippen molar-refractivity contribution in [2.24, 2.45) is 0 Å². The Kier molecular flexibility index (Phi) is 5.67. The average Bonchev–Trinajstić information content (AvgIpc) is 2.30. The van der Waals surface area contributed by atoms with E-state index in [1.54, 1.807) is 13.2 Å². The lowest BCUT2D eigenvalue weighted by atomic mass is 10.2. The minimum atomic E-state index is -3.77. The maximum atomic E-state index is 13.2. The van der Waals surface area contributed by atoms with Crippen molar-refractivity contribution in [2.45, 2.75) is 31.2 Å². The molecule has 114 valence electrons. The second-order valence-corrected chi connectivity index (χ2v) is 7.96. The van der Waals surface area contributed by atoms with Gasteiger partial charge >= 0.3 is 0 Å². The summed E-state index contributed by atoms with van der Waals surface area (Å²) in [6.45, 7) is 3.19. The molecule has 0 amide bonds. The van der Waals surface area contributed by atoms with Gasteiger partial charge in [-0.2, -0.15) is 0 Å². The molecule has 20 heavy (non-hydrogen) atoms. The van der Waals surface area contributed by atoms with Gasteiger partial charge in [0, 0.05) is 28.9 Å². The van der Waals surface area contributed by atoms with Gasteiger partial charge in [0.1, 0.15) is 5.82 Å². The predicted molar refractivity (Wildman–Crippen MR) is 78.9 cm³/mol. The first-order valence-corrected chi connectivity index (χ1v) is 9.22. The molecule has 0 aliphatic carbocycles. The van der Waals surface area contributed by atoms with Crippen LogP contribution in [0.25, 0.3) is 0 Å². The van der Waals surface area contributed by atoms with Gasteiger partial charge in [0.15, 0.2) is 0 Å². The third kappa shape index (κ3) is 4.53. The number of sulfonamides is 1. The summed E-state index contributed by atoms with van der Waals surface area (Å²) < 4.78 is 51.1. The van der Waals surface area contributed by atoms with E-state index in [9.17, 15) is 17.0 Å². The molecule has 0 radical (unpaired) electrons. The highest BCUT2D eigenvalue weighted by Gasteiger charge is 2.21. The summed E-state index contributed by atoms with van der Waals surface area (Å²) in [5, 5.41) is 0. The van der Waals surface area contributed by atoms with Crippen LogP contribution >= 0.6 is 0 Å². The van der Waals surface area contributed by atoms with Gasteiger partial charge in [-0.15, -0.1) is 0 Å². The molecule has 0 saturated heterocycles. The summed E-state index contributed by atoms with van der Waals surface area (Å²) in [5.41, 5.74) is 5.49. The fraction of sp³-hybridized carbons (Fsp3) is 0.500. The van der Waals surface area contributed by atoms with E-state index in [-0.39, 0.29) is 22.2 Å². The van der Waals surface area contributed by atoms with E-state index in [0.29, 0.717) is 12.2 Å². The predicted octanol–water partition coefficient (Wildman–Crippen LogP) is 1.15. The molecule has 2 unspecified atom stereocenters. The highest BCUT2D eigenvalue weighted by Crippen LogP contribution is 2.21. The van der Waals surface area contributed by atoms with E-state index in [1.807, 2.05) is 0 Å². The maximum absolute atomic E-state index is 13.2. The van der Waals surface area contributed by atoms with Crippen LogP contribution in [0.3, 0.4) is 0 Å². The van der Waals surface area contributed by atoms with Gasteiger partial charge < -0.3 is 5.73 Å². The van der Waals surface area contributed by atoms with Crippen LogP contribution in [0.15, 0.2) is 17.0 Å². The molecule has 0 aromatic heterocycles. The zero-order valence-corrected chi connectivity index (χ0v) is 13.3. The number of halogens is 1. The lowest BCUT2D eigenvalue weighted by Gasteiger charge is -2.15. The molecular formula is C12H19FN2O3S2.